The van der Waals surface area contributed by atoms with Gasteiger partial charge in [-0.25, -0.2) is 0 Å². The summed E-state index contributed by atoms with van der Waals surface area (Å²) in [4.78, 5) is 0. The average molecular weight is 215 g/mol. The molecule has 1 aromatic rings. The van der Waals surface area contributed by atoms with Crippen LogP contribution in [0.1, 0.15) is 44.1 Å². The second kappa shape index (κ2) is 4.21. The molecule has 16 heavy (non-hydrogen) atoms. The summed E-state index contributed by atoms with van der Waals surface area (Å²) in [5, 5.41) is 3.87. The summed E-state index contributed by atoms with van der Waals surface area (Å²) >= 11 is 0. The van der Waals surface area contributed by atoms with Crippen LogP contribution in [0.3, 0.4) is 0 Å². The lowest BCUT2D eigenvalue weighted by molar-refractivity contribution is 0.279. The van der Waals surface area contributed by atoms with E-state index in [-0.39, 0.29) is 0 Å². The van der Waals surface area contributed by atoms with Gasteiger partial charge in [0.05, 0.1) is 0 Å². The Hall–Kier alpha value is -0.820. The van der Waals surface area contributed by atoms with Crippen molar-refractivity contribution in [2.45, 2.75) is 44.1 Å². The van der Waals surface area contributed by atoms with Gasteiger partial charge >= 0.3 is 0 Å². The lowest BCUT2D eigenvalue weighted by Gasteiger charge is -2.35. The zero-order valence-corrected chi connectivity index (χ0v) is 9.91. The van der Waals surface area contributed by atoms with Crippen molar-refractivity contribution in [2.24, 2.45) is 5.92 Å². The minimum atomic E-state index is 0.317. The van der Waals surface area contributed by atoms with Gasteiger partial charge in [0.25, 0.3) is 0 Å². The molecule has 1 nitrogen and oxygen atoms in total. The quantitative estimate of drug-likeness (QED) is 0.796. The van der Waals surface area contributed by atoms with Crippen molar-refractivity contribution in [3.8, 4) is 0 Å². The van der Waals surface area contributed by atoms with Crippen LogP contribution in [0.25, 0.3) is 0 Å². The Morgan fingerprint density at radius 2 is 1.81 bits per heavy atom. The van der Waals surface area contributed by atoms with Gasteiger partial charge in [-0.3, -0.25) is 0 Å². The van der Waals surface area contributed by atoms with Crippen molar-refractivity contribution in [3.63, 3.8) is 0 Å². The van der Waals surface area contributed by atoms with Crippen molar-refractivity contribution in [3.05, 3.63) is 35.9 Å². The van der Waals surface area contributed by atoms with Crippen molar-refractivity contribution >= 4 is 0 Å². The summed E-state index contributed by atoms with van der Waals surface area (Å²) in [6.45, 7) is 1.20. The Morgan fingerprint density at radius 1 is 1.00 bits per heavy atom. The molecule has 2 aliphatic rings. The molecule has 1 aliphatic carbocycles. The summed E-state index contributed by atoms with van der Waals surface area (Å²) in [5.41, 5.74) is 1.84. The summed E-state index contributed by atoms with van der Waals surface area (Å²) in [5.74, 6) is 0.896. The fourth-order valence-corrected chi connectivity index (χ4v) is 3.25. The third-order valence-electron chi connectivity index (χ3n) is 4.25. The molecule has 0 spiro atoms. The van der Waals surface area contributed by atoms with Gasteiger partial charge < -0.3 is 5.32 Å². The van der Waals surface area contributed by atoms with E-state index in [2.05, 4.69) is 35.6 Å². The van der Waals surface area contributed by atoms with Gasteiger partial charge in [0.15, 0.2) is 0 Å². The zero-order chi connectivity index (χ0) is 10.8. The molecule has 1 atom stereocenters. The van der Waals surface area contributed by atoms with Crippen LogP contribution in [0, 0.1) is 5.92 Å². The maximum Gasteiger partial charge on any atom is 0.0463 e. The summed E-state index contributed by atoms with van der Waals surface area (Å²) < 4.78 is 0. The number of hydrogen-bond acceptors (Lipinski definition) is 1. The van der Waals surface area contributed by atoms with E-state index in [0.717, 1.165) is 5.92 Å². The van der Waals surface area contributed by atoms with E-state index in [1.807, 2.05) is 0 Å². The van der Waals surface area contributed by atoms with Crippen LogP contribution in [-0.4, -0.2) is 6.54 Å². The van der Waals surface area contributed by atoms with E-state index in [4.69, 9.17) is 0 Å². The first-order chi connectivity index (χ1) is 7.92. The van der Waals surface area contributed by atoms with Gasteiger partial charge in [0.2, 0.25) is 0 Å². The average Bonchev–Trinajstić information content (AvgIpc) is 3.17. The molecule has 3 rings (SSSR count). The lowest BCUT2D eigenvalue weighted by Crippen LogP contribution is -2.43. The molecule has 1 heterocycles. The molecule has 1 aromatic carbocycles. The Kier molecular flexibility index (Phi) is 2.72. The Balaban J connectivity index is 1.95. The second-order valence-electron chi connectivity index (χ2n) is 5.35. The molecule has 1 heteroatoms. The molecule has 1 aliphatic heterocycles. The number of benzene rings is 1. The molecule has 2 fully saturated rings. The molecular weight excluding hydrogens is 194 g/mol. The molecule has 0 bridgehead atoms. The van der Waals surface area contributed by atoms with Crippen LogP contribution >= 0.6 is 0 Å². The van der Waals surface area contributed by atoms with Crippen LogP contribution in [0.2, 0.25) is 0 Å². The Bertz CT molecular complexity index is 332. The Morgan fingerprint density at radius 3 is 2.56 bits per heavy atom. The Labute approximate surface area is 98.3 Å². The number of nitrogens with one attached hydrogen (secondary N) is 1. The van der Waals surface area contributed by atoms with Crippen LogP contribution in [0.15, 0.2) is 30.3 Å². The molecule has 0 amide bonds. The minimum Gasteiger partial charge on any atom is -0.307 e. The first-order valence-corrected chi connectivity index (χ1v) is 6.72. The molecule has 0 radical (unpaired) electrons. The highest BCUT2D eigenvalue weighted by Crippen LogP contribution is 2.49. The van der Waals surface area contributed by atoms with E-state index < -0.39 is 0 Å². The normalized spacial score (nSPS) is 31.0. The van der Waals surface area contributed by atoms with E-state index in [1.165, 1.54) is 50.6 Å². The van der Waals surface area contributed by atoms with E-state index in [0.29, 0.717) is 5.54 Å². The largest absolute Gasteiger partial charge is 0.307 e. The third-order valence-corrected chi connectivity index (χ3v) is 4.25. The molecule has 1 saturated carbocycles. The van der Waals surface area contributed by atoms with Gasteiger partial charge in [0, 0.05) is 5.54 Å². The molecule has 0 aromatic heterocycles. The van der Waals surface area contributed by atoms with Crippen LogP contribution < -0.4 is 5.32 Å². The molecule has 1 N–H and O–H groups in total. The van der Waals surface area contributed by atoms with Crippen molar-refractivity contribution in [1.29, 1.82) is 0 Å². The highest BCUT2D eigenvalue weighted by Gasteiger charge is 2.45. The van der Waals surface area contributed by atoms with E-state index in [1.54, 1.807) is 0 Å². The smallest absolute Gasteiger partial charge is 0.0463 e. The second-order valence-corrected chi connectivity index (χ2v) is 5.35. The first kappa shape index (κ1) is 10.3. The maximum absolute atomic E-state index is 3.87. The van der Waals surface area contributed by atoms with Gasteiger partial charge in [-0.2, -0.15) is 0 Å². The van der Waals surface area contributed by atoms with Crippen LogP contribution in [-0.2, 0) is 5.54 Å². The summed E-state index contributed by atoms with van der Waals surface area (Å²) in [6, 6.07) is 11.1. The monoisotopic (exact) mass is 215 g/mol. The van der Waals surface area contributed by atoms with Crippen molar-refractivity contribution in [1.82, 2.24) is 5.32 Å². The van der Waals surface area contributed by atoms with Crippen LogP contribution in [0.4, 0.5) is 0 Å². The van der Waals surface area contributed by atoms with Gasteiger partial charge in [-0.15, -0.1) is 0 Å². The van der Waals surface area contributed by atoms with Gasteiger partial charge in [-0.1, -0.05) is 43.2 Å². The predicted molar refractivity (Wildman–Crippen MR) is 67.3 cm³/mol. The topological polar surface area (TPSA) is 12.0 Å². The molecule has 1 saturated heterocycles. The lowest BCUT2D eigenvalue weighted by atomic mass is 9.81. The fraction of sp³-hybridized carbons (Fsp3) is 0.600. The highest BCUT2D eigenvalue weighted by molar-refractivity contribution is 5.27. The zero-order valence-electron chi connectivity index (χ0n) is 9.91. The predicted octanol–water partition coefficient (Wildman–Crippen LogP) is 3.46. The van der Waals surface area contributed by atoms with Crippen LogP contribution in [0.5, 0.6) is 0 Å². The molecule has 86 valence electrons. The van der Waals surface area contributed by atoms with E-state index >= 15 is 0 Å². The van der Waals surface area contributed by atoms with Gasteiger partial charge in [0.1, 0.15) is 0 Å². The molecule has 1 unspecified atom stereocenters. The summed E-state index contributed by atoms with van der Waals surface area (Å²) in [7, 11) is 0. The SMILES string of the molecule is c1ccc(C2(C3CC3)CCCCCN2)cc1. The summed E-state index contributed by atoms with van der Waals surface area (Å²) in [6.07, 6.45) is 8.31. The third kappa shape index (κ3) is 1.78. The van der Waals surface area contributed by atoms with Crippen molar-refractivity contribution in [2.75, 3.05) is 6.54 Å². The number of hydrogen-bond donors (Lipinski definition) is 1. The maximum atomic E-state index is 3.87. The minimum absolute atomic E-state index is 0.317. The fourth-order valence-electron chi connectivity index (χ4n) is 3.25. The van der Waals surface area contributed by atoms with Crippen molar-refractivity contribution < 1.29 is 0 Å². The molecular formula is C15H21N. The standard InChI is InChI=1S/C15H21N/c1-3-7-13(8-4-1)15(14-9-10-14)11-5-2-6-12-16-15/h1,3-4,7-8,14,16H,2,5-6,9-12H2. The number of rotatable bonds is 2. The van der Waals surface area contributed by atoms with Gasteiger partial charge in [-0.05, 0) is 43.7 Å². The first-order valence-electron chi connectivity index (χ1n) is 6.72. The van der Waals surface area contributed by atoms with E-state index in [9.17, 15) is 0 Å². The highest BCUT2D eigenvalue weighted by atomic mass is 15.0.